The van der Waals surface area contributed by atoms with Crippen LogP contribution in [0.25, 0.3) is 0 Å². The lowest BCUT2D eigenvalue weighted by molar-refractivity contribution is 0.494. The fourth-order valence-electron chi connectivity index (χ4n) is 15.1. The first-order chi connectivity index (χ1) is 70.8. The summed E-state index contributed by atoms with van der Waals surface area (Å²) in [6.07, 6.45) is 10.5. The summed E-state index contributed by atoms with van der Waals surface area (Å²) in [6.45, 7) is 31.9. The number of thiophene rings is 6. The van der Waals surface area contributed by atoms with Crippen LogP contribution in [0.15, 0.2) is 233 Å². The quantitative estimate of drug-likeness (QED) is 0.0338. The highest BCUT2D eigenvalue weighted by atomic mass is 35.5. The van der Waals surface area contributed by atoms with Crippen molar-refractivity contribution < 1.29 is 0 Å². The van der Waals surface area contributed by atoms with E-state index in [9.17, 15) is 0 Å². The van der Waals surface area contributed by atoms with E-state index in [0.29, 0.717) is 109 Å². The van der Waals surface area contributed by atoms with E-state index in [1.165, 1.54) is 29.3 Å². The molecular formula is C106H160Cl2N34S6. The van der Waals surface area contributed by atoms with Gasteiger partial charge in [-0.05, 0) is 219 Å². The van der Waals surface area contributed by atoms with E-state index >= 15 is 0 Å². The van der Waals surface area contributed by atoms with E-state index in [2.05, 4.69) is 340 Å². The van der Waals surface area contributed by atoms with Gasteiger partial charge in [0.15, 0.2) is 11.9 Å². The Balaban J connectivity index is 0.000000188. The Hall–Kier alpha value is -11.7. The molecule has 11 unspecified atom stereocenters. The largest absolute Gasteiger partial charge is 0.387 e. The van der Waals surface area contributed by atoms with Gasteiger partial charge in [-0.15, -0.1) is 68.0 Å². The normalized spacial score (nSPS) is 21.7. The summed E-state index contributed by atoms with van der Waals surface area (Å²) < 4.78 is 0. The number of benzene rings is 2. The lowest BCUT2D eigenvalue weighted by atomic mass is 10.2. The van der Waals surface area contributed by atoms with Crippen molar-refractivity contribution in [2.24, 2.45) is 114 Å². The lowest BCUT2D eigenvalue weighted by Crippen LogP contribution is -2.45. The third-order valence-electron chi connectivity index (χ3n) is 24.4. The van der Waals surface area contributed by atoms with Crippen LogP contribution in [0.5, 0.6) is 0 Å². The minimum atomic E-state index is 0.0957. The summed E-state index contributed by atoms with van der Waals surface area (Å²) in [7, 11) is 18.6. The number of amidine groups is 12. The van der Waals surface area contributed by atoms with Crippen molar-refractivity contribution in [1.82, 2.24) is 50.7 Å². The van der Waals surface area contributed by atoms with Crippen LogP contribution in [0.3, 0.4) is 0 Å². The number of nitrogens with zero attached hydrogens (tertiary/aromatic N) is 23. The Bertz CT molecular complexity index is 5760. The van der Waals surface area contributed by atoms with E-state index in [1.807, 2.05) is 97.0 Å². The molecule has 0 saturated heterocycles. The molecular weight excluding hydrogens is 2010 g/mol. The van der Waals surface area contributed by atoms with Gasteiger partial charge in [-0.2, -0.15) is 0 Å². The summed E-state index contributed by atoms with van der Waals surface area (Å²) in [5.41, 5.74) is 36.7. The Morgan fingerprint density at radius 2 is 0.682 bits per heavy atom. The fraction of sp³-hybridized carbons (Fsp3) is 0.509. The van der Waals surface area contributed by atoms with Crippen molar-refractivity contribution in [3.05, 3.63) is 193 Å². The van der Waals surface area contributed by atoms with Gasteiger partial charge in [-0.1, -0.05) is 59.6 Å². The Labute approximate surface area is 912 Å². The molecule has 8 aliphatic heterocycles. The van der Waals surface area contributed by atoms with E-state index in [4.69, 9.17) is 77.6 Å². The van der Waals surface area contributed by atoms with Gasteiger partial charge in [0.05, 0.1) is 126 Å². The van der Waals surface area contributed by atoms with Gasteiger partial charge in [-0.3, -0.25) is 80.5 Å². The van der Waals surface area contributed by atoms with Gasteiger partial charge in [0.1, 0.15) is 70.0 Å². The maximum Gasteiger partial charge on any atom is 0.205 e. The number of nitrogens with two attached hydrogens (primary N) is 6. The standard InChI is InChI=1S/C16H26N4S.C15H24N4S.C14H22N4S.2C13H20N4S.C12H16ClN5.C12H18N4S.C11H14ClN5/c1-12-13(2)18-16(11-15(17-12)19(3)4)20(5)9-8-14-7-6-10-21-14;1-12-11-16-14(18(2)3)10-15(17-12)19(4)8-7-13-6-5-9-20-13;1-10-11(2)17-14(9-13(15)16-10)18(3)7-6-12-5-4-8-19-12;1-10-9-15-12(14)8-13(16-10)17(2)6-5-11-4-3-7-18-11;1-9-10(2)17-13(8-12(14)16-9)15-6-5-11-4-3-7-18-11;1-8-7-15-11(14)17-12(16-8)18(2)10-5-3-9(13)4-6-10;1-9-8-15-11(13)7-12(16-9)14-5-4-10-3-2-6-17-10;1-7-6-14-10(13)17-11(15-7)16-9-4-2-8(12)3-5-9/h6-7,10,12-13H,8-9,11H2,1-5H3;5-6,9,12H,7-8,10-11H2,1-4H3;4-5,8,10-11H,6-7,9H2,1-3H3,(H2,15,16);3-4,7,10H,5-6,8-9H2,1-2H3,(H2,14,15);3-4,7,9-10H,5-6,8H2,1-2H3,(H2,14,16)(H,15,17);3-6,8H,7H2,1-2H3,(H3,14,15,16,17);2-3,6,9H,4-5,7-8H2,1H3,(H2,13,15)(H,14,16);2-5,7H,6H2,1H3,(H4,13,14,15,16,17). The zero-order chi connectivity index (χ0) is 107. The van der Waals surface area contributed by atoms with E-state index in [1.54, 1.807) is 45.3 Å². The van der Waals surface area contributed by atoms with Crippen molar-refractivity contribution >= 4 is 196 Å². The number of halogens is 2. The number of hydrogen-bond acceptors (Lipinski definition) is 38. The second-order valence-electron chi connectivity index (χ2n) is 37.9. The molecule has 42 heteroatoms. The number of hydrogen-bond donors (Lipinski definition) is 11. The minimum Gasteiger partial charge on any atom is -0.387 e. The highest BCUT2D eigenvalue weighted by molar-refractivity contribution is 7.11. The molecule has 0 bridgehead atoms. The number of aliphatic imine (C=N–C) groups is 16. The van der Waals surface area contributed by atoms with Gasteiger partial charge >= 0.3 is 0 Å². The van der Waals surface area contributed by atoms with Crippen LogP contribution in [0.2, 0.25) is 10.0 Å². The number of guanidine groups is 4. The molecule has 2 aromatic carbocycles. The summed E-state index contributed by atoms with van der Waals surface area (Å²) in [5, 5.41) is 29.9. The van der Waals surface area contributed by atoms with Crippen LogP contribution >= 0.6 is 91.2 Å². The molecule has 0 radical (unpaired) electrons. The molecule has 0 spiro atoms. The van der Waals surface area contributed by atoms with Crippen molar-refractivity contribution in [3.63, 3.8) is 0 Å². The zero-order valence-corrected chi connectivity index (χ0v) is 96.5. The van der Waals surface area contributed by atoms with Gasteiger partial charge in [0.25, 0.3) is 0 Å². The molecule has 34 nitrogen and oxygen atoms in total. The first-order valence-electron chi connectivity index (χ1n) is 50.7. The van der Waals surface area contributed by atoms with Crippen LogP contribution in [0.4, 0.5) is 11.4 Å². The molecule has 0 saturated carbocycles. The van der Waals surface area contributed by atoms with Crippen LogP contribution in [-0.2, 0) is 38.5 Å². The molecule has 8 aliphatic rings. The number of anilines is 2. The molecule has 0 fully saturated rings. The minimum absolute atomic E-state index is 0.0957. The second-order valence-corrected chi connectivity index (χ2v) is 45.0. The highest BCUT2D eigenvalue weighted by Gasteiger charge is 2.27. The smallest absolute Gasteiger partial charge is 0.205 e. The van der Waals surface area contributed by atoms with Crippen molar-refractivity contribution in [1.29, 1.82) is 0 Å². The van der Waals surface area contributed by atoms with Crippen LogP contribution in [0, 0.1) is 0 Å². The molecule has 8 aromatic rings. The SMILES string of the molecule is CC1CN=C(N(C)C)CC(N(C)CCc2cccs2)=N1.CC1CN=C(N)CC(=NCCc2cccs2)N1.CC1CN=C(N)CC(N(C)CCc2cccs2)=N1.CC1CN=C(N)NC(N(C)c2ccc(Cl)cc2)=N1.CC1CN=C(N)NC(Nc2ccc(Cl)cc2)=N1.CC1N=C(N(C)C)CC(N(C)CCc2cccs2)=NC1C.CC1N=C(N)CC(=NCCc2cccs2)NC1C.CC1N=C(N)CC(N(C)CCc2cccs2)=NC1C. The Morgan fingerprint density at radius 3 is 1.14 bits per heavy atom. The Morgan fingerprint density at radius 1 is 0.338 bits per heavy atom. The zero-order valence-electron chi connectivity index (χ0n) is 90.1. The van der Waals surface area contributed by atoms with Crippen molar-refractivity contribution in [3.8, 4) is 0 Å². The maximum atomic E-state index is 5.95. The van der Waals surface area contributed by atoms with E-state index in [0.717, 1.165) is 162 Å². The van der Waals surface area contributed by atoms with Crippen LogP contribution in [-0.4, -0.2) is 325 Å². The van der Waals surface area contributed by atoms with Gasteiger partial charge in [0, 0.05) is 178 Å². The molecule has 0 aliphatic carbocycles. The first kappa shape index (κ1) is 120. The van der Waals surface area contributed by atoms with Crippen LogP contribution < -0.4 is 65.9 Å². The fourth-order valence-corrected chi connectivity index (χ4v) is 19.5. The molecule has 0 amide bonds. The first-order valence-corrected chi connectivity index (χ1v) is 56.7. The van der Waals surface area contributed by atoms with E-state index in [-0.39, 0.29) is 60.4 Å². The average molecular weight is 2170 g/mol. The highest BCUT2D eigenvalue weighted by Crippen LogP contribution is 2.24. The lowest BCUT2D eigenvalue weighted by Gasteiger charge is -2.23. The summed E-state index contributed by atoms with van der Waals surface area (Å²) >= 11 is 22.5. The average Bonchev–Trinajstić information content (AvgIpc) is 1.48. The number of nitrogens with one attached hydrogen (secondary N) is 5. The van der Waals surface area contributed by atoms with Crippen LogP contribution in [0.1, 0.15) is 144 Å². The topological polar surface area (TPSA) is 437 Å². The molecule has 16 rings (SSSR count). The Kier molecular flexibility index (Phi) is 51.3. The predicted molar refractivity (Wildman–Crippen MR) is 643 cm³/mol. The van der Waals surface area contributed by atoms with Crippen molar-refractivity contribution in [2.45, 2.75) is 220 Å². The monoisotopic (exact) mass is 2170 g/mol. The summed E-state index contributed by atoms with van der Waals surface area (Å²) in [6, 6.07) is 42.8. The van der Waals surface area contributed by atoms with Crippen molar-refractivity contribution in [2.75, 3.05) is 146 Å². The number of rotatable bonds is 20. The molecule has 14 heterocycles. The molecule has 11 atom stereocenters. The third-order valence-corrected chi connectivity index (χ3v) is 30.5. The predicted octanol–water partition coefficient (Wildman–Crippen LogP) is 15.2. The summed E-state index contributed by atoms with van der Waals surface area (Å²) in [5.74, 6) is 13.4. The molecule has 148 heavy (non-hydrogen) atoms. The molecule has 6 aromatic heterocycles. The maximum absolute atomic E-state index is 5.95. The summed E-state index contributed by atoms with van der Waals surface area (Å²) in [4.78, 5) is 95.9. The van der Waals surface area contributed by atoms with E-state index < -0.39 is 0 Å². The second kappa shape index (κ2) is 63.4. The third kappa shape index (κ3) is 44.6. The van der Waals surface area contributed by atoms with Gasteiger partial charge in [0.2, 0.25) is 11.9 Å². The van der Waals surface area contributed by atoms with Gasteiger partial charge < -0.3 is 84.7 Å². The molecule has 804 valence electrons. The molecule has 17 N–H and O–H groups in total. The van der Waals surface area contributed by atoms with Gasteiger partial charge in [-0.25, -0.2) is 9.98 Å². The number of likely N-dealkylation sites (N-methyl/N-ethyl adjacent to an activating group) is 4.